The predicted octanol–water partition coefficient (Wildman–Crippen LogP) is 0.727. The van der Waals surface area contributed by atoms with Crippen LogP contribution in [0, 0.1) is 0 Å². The van der Waals surface area contributed by atoms with E-state index >= 15 is 0 Å². The average molecular weight is 179 g/mol. The lowest BCUT2D eigenvalue weighted by atomic mass is 10.3. The summed E-state index contributed by atoms with van der Waals surface area (Å²) in [5.41, 5.74) is 2.68. The molecule has 0 spiro atoms. The second kappa shape index (κ2) is 2.85. The Morgan fingerprint density at radius 3 is 2.69 bits per heavy atom. The van der Waals surface area contributed by atoms with Gasteiger partial charge in [-0.05, 0) is 19.8 Å². The van der Waals surface area contributed by atoms with E-state index in [2.05, 4.69) is 27.6 Å². The molecule has 1 saturated carbocycles. The quantitative estimate of drug-likeness (QED) is 0.471. The van der Waals surface area contributed by atoms with E-state index in [1.807, 2.05) is 0 Å². The fourth-order valence-corrected chi connectivity index (χ4v) is 1.12. The molecule has 0 radical (unpaired) electrons. The molecule has 1 aliphatic carbocycles. The molecule has 0 unspecified atom stereocenters. The van der Waals surface area contributed by atoms with Gasteiger partial charge < -0.3 is 10.7 Å². The highest BCUT2D eigenvalue weighted by atomic mass is 15.3. The van der Waals surface area contributed by atoms with E-state index in [4.69, 9.17) is 5.84 Å². The Balaban J connectivity index is 2.11. The molecule has 0 atom stereocenters. The molecular formula is C8H13N5. The average Bonchev–Trinajstić information content (AvgIpc) is 2.84. The van der Waals surface area contributed by atoms with Crippen LogP contribution in [0.4, 0.5) is 11.6 Å². The normalized spacial score (nSPS) is 18.0. The molecule has 1 fully saturated rings. The first-order chi connectivity index (χ1) is 6.22. The van der Waals surface area contributed by atoms with Gasteiger partial charge in [-0.1, -0.05) is 0 Å². The monoisotopic (exact) mass is 179 g/mol. The van der Waals surface area contributed by atoms with Gasteiger partial charge in [0.25, 0.3) is 0 Å². The third-order valence-electron chi connectivity index (χ3n) is 2.21. The molecule has 0 aliphatic heterocycles. The highest BCUT2D eigenvalue weighted by Gasteiger charge is 2.37. The van der Waals surface area contributed by atoms with E-state index in [0.29, 0.717) is 5.82 Å². The van der Waals surface area contributed by atoms with Gasteiger partial charge in [-0.2, -0.15) is 0 Å². The third-order valence-corrected chi connectivity index (χ3v) is 2.21. The molecular weight excluding hydrogens is 166 g/mol. The van der Waals surface area contributed by atoms with Crippen LogP contribution >= 0.6 is 0 Å². The number of nitrogens with one attached hydrogen (secondary N) is 2. The van der Waals surface area contributed by atoms with E-state index in [1.54, 1.807) is 12.4 Å². The van der Waals surface area contributed by atoms with E-state index in [9.17, 15) is 0 Å². The molecule has 0 bridgehead atoms. The van der Waals surface area contributed by atoms with E-state index < -0.39 is 0 Å². The minimum Gasteiger partial charge on any atom is -0.364 e. The van der Waals surface area contributed by atoms with Crippen molar-refractivity contribution in [2.45, 2.75) is 25.3 Å². The number of rotatable bonds is 3. The lowest BCUT2D eigenvalue weighted by Crippen LogP contribution is -2.18. The first-order valence-corrected chi connectivity index (χ1v) is 4.29. The number of nitrogens with two attached hydrogens (primary N) is 1. The van der Waals surface area contributed by atoms with Crippen LogP contribution in [-0.2, 0) is 0 Å². The molecule has 13 heavy (non-hydrogen) atoms. The number of hydrogen-bond donors (Lipinski definition) is 3. The fraction of sp³-hybridized carbons (Fsp3) is 0.500. The molecule has 5 heteroatoms. The zero-order valence-electron chi connectivity index (χ0n) is 7.54. The number of nitrogen functional groups attached to an aromatic ring is 1. The summed E-state index contributed by atoms with van der Waals surface area (Å²) in [6, 6.07) is 0. The van der Waals surface area contributed by atoms with E-state index in [-0.39, 0.29) is 5.54 Å². The van der Waals surface area contributed by atoms with Crippen molar-refractivity contribution in [1.29, 1.82) is 0 Å². The summed E-state index contributed by atoms with van der Waals surface area (Å²) in [7, 11) is 0. The molecule has 5 nitrogen and oxygen atoms in total. The van der Waals surface area contributed by atoms with Gasteiger partial charge in [0.05, 0.1) is 12.4 Å². The SMILES string of the molecule is CC1(Nc2cncc(NN)n2)CC1. The largest absolute Gasteiger partial charge is 0.364 e. The van der Waals surface area contributed by atoms with Crippen molar-refractivity contribution in [2.24, 2.45) is 5.84 Å². The lowest BCUT2D eigenvalue weighted by molar-refractivity contribution is 0.819. The molecule has 2 rings (SSSR count). The summed E-state index contributed by atoms with van der Waals surface area (Å²) in [4.78, 5) is 8.21. The first kappa shape index (κ1) is 8.25. The van der Waals surface area contributed by atoms with Crippen LogP contribution in [0.25, 0.3) is 0 Å². The maximum atomic E-state index is 5.22. The summed E-state index contributed by atoms with van der Waals surface area (Å²) < 4.78 is 0. The van der Waals surface area contributed by atoms with Crippen LogP contribution in [0.3, 0.4) is 0 Å². The van der Waals surface area contributed by atoms with Crippen LogP contribution < -0.4 is 16.6 Å². The van der Waals surface area contributed by atoms with Crippen molar-refractivity contribution in [3.8, 4) is 0 Å². The molecule has 4 N–H and O–H groups in total. The van der Waals surface area contributed by atoms with Crippen molar-refractivity contribution in [2.75, 3.05) is 10.7 Å². The van der Waals surface area contributed by atoms with Gasteiger partial charge in [-0.3, -0.25) is 4.98 Å². The topological polar surface area (TPSA) is 75.9 Å². The molecule has 1 aromatic heterocycles. The van der Waals surface area contributed by atoms with Crippen LogP contribution in [0.5, 0.6) is 0 Å². The minimum atomic E-state index is 0.224. The summed E-state index contributed by atoms with van der Waals surface area (Å²) >= 11 is 0. The maximum absolute atomic E-state index is 5.22. The number of hydrazine groups is 1. The number of aromatic nitrogens is 2. The summed E-state index contributed by atoms with van der Waals surface area (Å²) in [6.45, 7) is 2.16. The van der Waals surface area contributed by atoms with Gasteiger partial charge in [-0.25, -0.2) is 10.8 Å². The Morgan fingerprint density at radius 2 is 2.08 bits per heavy atom. The molecule has 70 valence electrons. The van der Waals surface area contributed by atoms with Crippen LogP contribution in [0.15, 0.2) is 12.4 Å². The van der Waals surface area contributed by atoms with Crippen LogP contribution in [0.1, 0.15) is 19.8 Å². The van der Waals surface area contributed by atoms with Crippen molar-refractivity contribution >= 4 is 11.6 Å². The minimum absolute atomic E-state index is 0.224. The van der Waals surface area contributed by atoms with Gasteiger partial charge in [0.2, 0.25) is 0 Å². The molecule has 1 aliphatic rings. The fourth-order valence-electron chi connectivity index (χ4n) is 1.12. The van der Waals surface area contributed by atoms with Crippen molar-refractivity contribution in [1.82, 2.24) is 9.97 Å². The standard InChI is InChI=1S/C8H13N5/c1-8(2-3-8)12-6-4-10-5-7(11-6)13-9/h4-5H,2-3,9H2,1H3,(H2,11,12,13). The number of anilines is 2. The molecule has 0 aromatic carbocycles. The predicted molar refractivity (Wildman–Crippen MR) is 51.1 cm³/mol. The zero-order valence-corrected chi connectivity index (χ0v) is 7.54. The number of nitrogens with zero attached hydrogens (tertiary/aromatic N) is 2. The van der Waals surface area contributed by atoms with Crippen LogP contribution in [-0.4, -0.2) is 15.5 Å². The lowest BCUT2D eigenvalue weighted by Gasteiger charge is -2.11. The van der Waals surface area contributed by atoms with Crippen molar-refractivity contribution in [3.05, 3.63) is 12.4 Å². The highest BCUT2D eigenvalue weighted by Crippen LogP contribution is 2.37. The Kier molecular flexibility index (Phi) is 1.81. The Labute approximate surface area is 76.7 Å². The Morgan fingerprint density at radius 1 is 1.38 bits per heavy atom. The number of hydrogen-bond acceptors (Lipinski definition) is 5. The summed E-state index contributed by atoms with van der Waals surface area (Å²) in [5.74, 6) is 6.57. The van der Waals surface area contributed by atoms with Gasteiger partial charge in [-0.15, -0.1) is 0 Å². The molecule has 1 aromatic rings. The van der Waals surface area contributed by atoms with Crippen LogP contribution in [0.2, 0.25) is 0 Å². The summed E-state index contributed by atoms with van der Waals surface area (Å²) in [5, 5.41) is 3.30. The van der Waals surface area contributed by atoms with E-state index in [0.717, 1.165) is 5.82 Å². The third kappa shape index (κ3) is 1.86. The first-order valence-electron chi connectivity index (χ1n) is 4.29. The molecule has 0 amide bonds. The van der Waals surface area contributed by atoms with E-state index in [1.165, 1.54) is 12.8 Å². The highest BCUT2D eigenvalue weighted by molar-refractivity contribution is 5.43. The zero-order chi connectivity index (χ0) is 9.31. The summed E-state index contributed by atoms with van der Waals surface area (Å²) in [6.07, 6.45) is 5.66. The molecule has 0 saturated heterocycles. The second-order valence-corrected chi connectivity index (χ2v) is 3.62. The van der Waals surface area contributed by atoms with Gasteiger partial charge in [0.1, 0.15) is 5.82 Å². The van der Waals surface area contributed by atoms with Gasteiger partial charge in [0, 0.05) is 5.54 Å². The Hall–Kier alpha value is -1.36. The maximum Gasteiger partial charge on any atom is 0.160 e. The Bertz CT molecular complexity index is 307. The second-order valence-electron chi connectivity index (χ2n) is 3.62. The van der Waals surface area contributed by atoms with Gasteiger partial charge >= 0.3 is 0 Å². The molecule has 1 heterocycles. The van der Waals surface area contributed by atoms with Gasteiger partial charge in [0.15, 0.2) is 5.82 Å². The van der Waals surface area contributed by atoms with Crippen molar-refractivity contribution < 1.29 is 0 Å². The van der Waals surface area contributed by atoms with Crippen molar-refractivity contribution in [3.63, 3.8) is 0 Å². The smallest absolute Gasteiger partial charge is 0.160 e.